The molecule has 0 aromatic carbocycles. The van der Waals surface area contributed by atoms with Crippen LogP contribution in [0.3, 0.4) is 0 Å². The number of rotatable bonds is 2. The number of fused-ring (bicyclic) bond motifs is 3. The number of hydrogen-bond donors (Lipinski definition) is 1. The highest BCUT2D eigenvalue weighted by molar-refractivity contribution is 7.89. The maximum absolute atomic E-state index is 13.0. The summed E-state index contributed by atoms with van der Waals surface area (Å²) in [5.41, 5.74) is 0.625. The second-order valence-electron chi connectivity index (χ2n) is 5.87. The standard InChI is InChI=1S/C14H17N3O3S/c18-12-7-10-4-5-11(8-12)17(10)21(19,20)14-9-15-13-3-1-2-6-16(13)14/h1-3,6,9-12,18H,4-5,7-8H2/t10-,11+,12?. The van der Waals surface area contributed by atoms with Gasteiger partial charge in [-0.15, -0.1) is 0 Å². The van der Waals surface area contributed by atoms with Crippen LogP contribution in [0.5, 0.6) is 0 Å². The molecule has 2 bridgehead atoms. The lowest BCUT2D eigenvalue weighted by atomic mass is 10.0. The van der Waals surface area contributed by atoms with Gasteiger partial charge in [0.2, 0.25) is 0 Å². The van der Waals surface area contributed by atoms with Gasteiger partial charge in [-0.25, -0.2) is 13.4 Å². The van der Waals surface area contributed by atoms with E-state index in [2.05, 4.69) is 4.98 Å². The van der Waals surface area contributed by atoms with Crippen LogP contribution in [-0.2, 0) is 10.0 Å². The van der Waals surface area contributed by atoms with Crippen molar-refractivity contribution in [1.82, 2.24) is 13.7 Å². The maximum Gasteiger partial charge on any atom is 0.261 e. The monoisotopic (exact) mass is 307 g/mol. The molecule has 2 aromatic rings. The van der Waals surface area contributed by atoms with Crippen LogP contribution in [0.1, 0.15) is 25.7 Å². The Morgan fingerprint density at radius 1 is 1.19 bits per heavy atom. The molecule has 2 aromatic heterocycles. The first-order chi connectivity index (χ1) is 10.1. The van der Waals surface area contributed by atoms with E-state index in [1.54, 1.807) is 27.0 Å². The number of sulfonamides is 1. The summed E-state index contributed by atoms with van der Waals surface area (Å²) in [7, 11) is -3.58. The van der Waals surface area contributed by atoms with Gasteiger partial charge in [-0.3, -0.25) is 4.40 Å². The SMILES string of the molecule is O=S(=O)(c1cnc2ccccn12)N1[C@@H]2CC[C@H]1CC(O)C2. The number of hydrogen-bond acceptors (Lipinski definition) is 4. The summed E-state index contributed by atoms with van der Waals surface area (Å²) in [5, 5.41) is 10.1. The lowest BCUT2D eigenvalue weighted by Gasteiger charge is -2.35. The van der Waals surface area contributed by atoms with Crippen molar-refractivity contribution < 1.29 is 13.5 Å². The van der Waals surface area contributed by atoms with E-state index >= 15 is 0 Å². The third-order valence-corrected chi connectivity index (χ3v) is 6.55. The number of nitrogens with zero attached hydrogens (tertiary/aromatic N) is 3. The van der Waals surface area contributed by atoms with E-state index in [1.165, 1.54) is 6.20 Å². The molecule has 0 radical (unpaired) electrons. The van der Waals surface area contributed by atoms with Crippen LogP contribution in [0.25, 0.3) is 5.65 Å². The summed E-state index contributed by atoms with van der Waals surface area (Å²) in [4.78, 5) is 4.17. The minimum atomic E-state index is -3.58. The van der Waals surface area contributed by atoms with E-state index in [0.29, 0.717) is 18.5 Å². The molecule has 2 aliphatic heterocycles. The Balaban J connectivity index is 1.81. The van der Waals surface area contributed by atoms with Gasteiger partial charge >= 0.3 is 0 Å². The van der Waals surface area contributed by atoms with E-state index in [0.717, 1.165) is 12.8 Å². The van der Waals surface area contributed by atoms with Gasteiger partial charge in [0.1, 0.15) is 5.65 Å². The highest BCUT2D eigenvalue weighted by Gasteiger charge is 2.47. The van der Waals surface area contributed by atoms with Gasteiger partial charge in [0.15, 0.2) is 5.03 Å². The molecule has 6 nitrogen and oxygen atoms in total. The average molecular weight is 307 g/mol. The Kier molecular flexibility index (Phi) is 2.85. The number of pyridine rings is 1. The van der Waals surface area contributed by atoms with Crippen molar-refractivity contribution >= 4 is 15.7 Å². The van der Waals surface area contributed by atoms with Gasteiger partial charge in [0.05, 0.1) is 12.3 Å². The van der Waals surface area contributed by atoms with Gasteiger partial charge in [-0.2, -0.15) is 4.31 Å². The van der Waals surface area contributed by atoms with Crippen LogP contribution >= 0.6 is 0 Å². The molecule has 4 heterocycles. The van der Waals surface area contributed by atoms with Crippen molar-refractivity contribution in [2.24, 2.45) is 0 Å². The third kappa shape index (κ3) is 1.91. The molecule has 0 amide bonds. The second-order valence-corrected chi connectivity index (χ2v) is 7.66. The first-order valence-electron chi connectivity index (χ1n) is 7.21. The molecule has 0 saturated carbocycles. The Bertz CT molecular complexity index is 772. The molecule has 0 spiro atoms. The molecule has 2 saturated heterocycles. The molecule has 7 heteroatoms. The predicted molar refractivity (Wildman–Crippen MR) is 76.3 cm³/mol. The zero-order valence-electron chi connectivity index (χ0n) is 11.5. The van der Waals surface area contributed by atoms with Crippen LogP contribution in [0.15, 0.2) is 35.6 Å². The fraction of sp³-hybridized carbons (Fsp3) is 0.500. The fourth-order valence-corrected chi connectivity index (χ4v) is 5.68. The average Bonchev–Trinajstić information content (AvgIpc) is 2.99. The Morgan fingerprint density at radius 3 is 2.62 bits per heavy atom. The summed E-state index contributed by atoms with van der Waals surface area (Å²) >= 11 is 0. The third-order valence-electron chi connectivity index (χ3n) is 4.57. The summed E-state index contributed by atoms with van der Waals surface area (Å²) in [6.45, 7) is 0. The number of aromatic nitrogens is 2. The highest BCUT2D eigenvalue weighted by atomic mass is 32.2. The number of aliphatic hydroxyl groups excluding tert-OH is 1. The zero-order chi connectivity index (χ0) is 14.6. The van der Waals surface area contributed by atoms with E-state index < -0.39 is 10.0 Å². The molecule has 0 aliphatic carbocycles. The van der Waals surface area contributed by atoms with Gasteiger partial charge in [0.25, 0.3) is 10.0 Å². The highest BCUT2D eigenvalue weighted by Crippen LogP contribution is 2.39. The number of piperidine rings is 1. The van der Waals surface area contributed by atoms with Crippen LogP contribution in [0.4, 0.5) is 0 Å². The first kappa shape index (κ1) is 13.2. The fourth-order valence-electron chi connectivity index (χ4n) is 3.71. The van der Waals surface area contributed by atoms with Gasteiger partial charge in [-0.05, 0) is 37.8 Å². The summed E-state index contributed by atoms with van der Waals surface area (Å²) in [6.07, 6.45) is 5.50. The van der Waals surface area contributed by atoms with Crippen LogP contribution in [0, 0.1) is 0 Å². The van der Waals surface area contributed by atoms with E-state index in [4.69, 9.17) is 0 Å². The van der Waals surface area contributed by atoms with Crippen molar-refractivity contribution in [1.29, 1.82) is 0 Å². The van der Waals surface area contributed by atoms with Crippen molar-refractivity contribution in [2.45, 2.75) is 48.9 Å². The second kappa shape index (κ2) is 4.53. The largest absolute Gasteiger partial charge is 0.393 e. The minimum Gasteiger partial charge on any atom is -0.393 e. The molecule has 1 unspecified atom stereocenters. The van der Waals surface area contributed by atoms with Crippen molar-refractivity contribution in [3.63, 3.8) is 0 Å². The zero-order valence-corrected chi connectivity index (χ0v) is 12.3. The minimum absolute atomic E-state index is 0.0852. The summed E-state index contributed by atoms with van der Waals surface area (Å²) in [5.74, 6) is 0. The predicted octanol–water partition coefficient (Wildman–Crippen LogP) is 1.01. The van der Waals surface area contributed by atoms with Crippen molar-refractivity contribution in [3.05, 3.63) is 30.6 Å². The van der Waals surface area contributed by atoms with Crippen molar-refractivity contribution in [3.8, 4) is 0 Å². The van der Waals surface area contributed by atoms with Crippen LogP contribution in [0.2, 0.25) is 0 Å². The Labute approximate surface area is 123 Å². The lowest BCUT2D eigenvalue weighted by molar-refractivity contribution is 0.0767. The van der Waals surface area contributed by atoms with Gasteiger partial charge < -0.3 is 5.11 Å². The van der Waals surface area contributed by atoms with Gasteiger partial charge in [-0.1, -0.05) is 6.07 Å². The smallest absolute Gasteiger partial charge is 0.261 e. The summed E-state index contributed by atoms with van der Waals surface area (Å²) < 4.78 is 29.2. The first-order valence-corrected chi connectivity index (χ1v) is 8.65. The van der Waals surface area contributed by atoms with Crippen LogP contribution in [-0.4, -0.2) is 45.4 Å². The number of aliphatic hydroxyl groups is 1. The Morgan fingerprint density at radius 2 is 1.90 bits per heavy atom. The molecule has 1 N–H and O–H groups in total. The van der Waals surface area contributed by atoms with Gasteiger partial charge in [0, 0.05) is 18.3 Å². The quantitative estimate of drug-likeness (QED) is 0.898. The molecule has 112 valence electrons. The molecular formula is C14H17N3O3S. The van der Waals surface area contributed by atoms with E-state index in [1.807, 2.05) is 6.07 Å². The molecule has 21 heavy (non-hydrogen) atoms. The normalized spacial score (nSPS) is 30.0. The summed E-state index contributed by atoms with van der Waals surface area (Å²) in [6, 6.07) is 5.24. The molecule has 3 atom stereocenters. The molecule has 2 aliphatic rings. The Hall–Kier alpha value is -1.44. The molecular weight excluding hydrogens is 290 g/mol. The van der Waals surface area contributed by atoms with Crippen LogP contribution < -0.4 is 0 Å². The maximum atomic E-state index is 13.0. The topological polar surface area (TPSA) is 74.9 Å². The van der Waals surface area contributed by atoms with Crippen molar-refractivity contribution in [2.75, 3.05) is 0 Å². The molecule has 2 fully saturated rings. The molecule has 4 rings (SSSR count). The lowest BCUT2D eigenvalue weighted by Crippen LogP contribution is -2.48. The van der Waals surface area contributed by atoms with E-state index in [-0.39, 0.29) is 23.2 Å². The number of imidazole rings is 1. The van der Waals surface area contributed by atoms with E-state index in [9.17, 15) is 13.5 Å².